The number of nitrogens with zero attached hydrogens (tertiary/aromatic N) is 1. The van der Waals surface area contributed by atoms with Gasteiger partial charge in [-0.2, -0.15) is 5.26 Å². The molecule has 0 spiro atoms. The Morgan fingerprint density at radius 3 is 2.70 bits per heavy atom. The average molecular weight is 316 g/mol. The van der Waals surface area contributed by atoms with E-state index >= 15 is 0 Å². The van der Waals surface area contributed by atoms with Gasteiger partial charge in [-0.15, -0.1) is 0 Å². The van der Waals surface area contributed by atoms with Gasteiger partial charge in [0.05, 0.1) is 18.8 Å². The molecular weight excluding hydrogens is 286 g/mol. The Morgan fingerprint density at radius 2 is 2.09 bits per heavy atom. The van der Waals surface area contributed by atoms with Gasteiger partial charge in [-0.3, -0.25) is 5.32 Å². The van der Waals surface area contributed by atoms with Crippen molar-refractivity contribution in [2.45, 2.75) is 72.5 Å². The smallest absolute Gasteiger partial charge is 0.290 e. The van der Waals surface area contributed by atoms with E-state index < -0.39 is 0 Å². The molecule has 2 N–H and O–H groups in total. The number of aromatic nitrogens is 1. The standard InChI is InChI=1S/C19H29N3O/c1-6-7-8-21-18-15(11-20)14-10-19(4,5)23-12-16(14)17(22-18)9-13(2)3/h13H,6-10,12H2,1-5H3,(H,21,22)/p+1. The van der Waals surface area contributed by atoms with Gasteiger partial charge in [-0.05, 0) is 31.7 Å². The van der Waals surface area contributed by atoms with Gasteiger partial charge in [0.2, 0.25) is 0 Å². The molecule has 0 unspecified atom stereocenters. The van der Waals surface area contributed by atoms with Crippen LogP contribution in [-0.4, -0.2) is 12.1 Å². The molecule has 1 aromatic heterocycles. The first kappa shape index (κ1) is 17.7. The van der Waals surface area contributed by atoms with Gasteiger partial charge in [0.15, 0.2) is 0 Å². The third-order valence-corrected chi connectivity index (χ3v) is 4.32. The largest absolute Gasteiger partial charge is 0.370 e. The van der Waals surface area contributed by atoms with E-state index in [0.717, 1.165) is 49.2 Å². The van der Waals surface area contributed by atoms with Gasteiger partial charge in [0.1, 0.15) is 17.3 Å². The van der Waals surface area contributed by atoms with E-state index in [-0.39, 0.29) is 5.60 Å². The fraction of sp³-hybridized carbons (Fsp3) is 0.684. The van der Waals surface area contributed by atoms with Crippen LogP contribution in [0.25, 0.3) is 0 Å². The van der Waals surface area contributed by atoms with Gasteiger partial charge < -0.3 is 4.74 Å². The number of anilines is 1. The summed E-state index contributed by atoms with van der Waals surface area (Å²) in [5.41, 5.74) is 4.12. The number of aromatic amines is 1. The third kappa shape index (κ3) is 4.23. The summed E-state index contributed by atoms with van der Waals surface area (Å²) in [6.45, 7) is 12.3. The number of H-pyrrole nitrogens is 1. The number of nitrogens with one attached hydrogen (secondary N) is 2. The van der Waals surface area contributed by atoms with Crippen LogP contribution in [0.15, 0.2) is 0 Å². The van der Waals surface area contributed by atoms with Gasteiger partial charge in [-0.25, -0.2) is 4.98 Å². The molecule has 0 aliphatic carbocycles. The highest BCUT2D eigenvalue weighted by Crippen LogP contribution is 2.33. The molecule has 4 heteroatoms. The molecule has 1 aromatic rings. The molecule has 2 heterocycles. The molecule has 0 radical (unpaired) electrons. The topological polar surface area (TPSA) is 59.2 Å². The quantitative estimate of drug-likeness (QED) is 0.815. The van der Waals surface area contributed by atoms with Crippen molar-refractivity contribution in [3.05, 3.63) is 22.4 Å². The van der Waals surface area contributed by atoms with Crippen molar-refractivity contribution in [3.63, 3.8) is 0 Å². The maximum Gasteiger partial charge on any atom is 0.290 e. The van der Waals surface area contributed by atoms with Crippen molar-refractivity contribution in [2.75, 3.05) is 11.9 Å². The predicted octanol–water partition coefficient (Wildman–Crippen LogP) is 3.63. The van der Waals surface area contributed by atoms with E-state index in [1.165, 1.54) is 11.3 Å². The van der Waals surface area contributed by atoms with Crippen molar-refractivity contribution in [1.82, 2.24) is 0 Å². The maximum atomic E-state index is 9.72. The Kier molecular flexibility index (Phi) is 5.64. The van der Waals surface area contributed by atoms with Gasteiger partial charge >= 0.3 is 0 Å². The lowest BCUT2D eigenvalue weighted by atomic mass is 9.87. The minimum atomic E-state index is -0.213. The molecule has 0 amide bonds. The molecule has 0 saturated carbocycles. The van der Waals surface area contributed by atoms with Crippen LogP contribution < -0.4 is 10.3 Å². The van der Waals surface area contributed by atoms with Crippen molar-refractivity contribution in [3.8, 4) is 6.07 Å². The molecule has 0 atom stereocenters. The van der Waals surface area contributed by atoms with Crippen molar-refractivity contribution >= 4 is 5.82 Å². The van der Waals surface area contributed by atoms with Gasteiger partial charge in [-0.1, -0.05) is 27.2 Å². The Balaban J connectivity index is 2.49. The zero-order chi connectivity index (χ0) is 17.0. The van der Waals surface area contributed by atoms with Gasteiger partial charge in [0, 0.05) is 18.4 Å². The molecule has 23 heavy (non-hydrogen) atoms. The lowest BCUT2D eigenvalue weighted by Crippen LogP contribution is -2.36. The number of hydrogen-bond donors (Lipinski definition) is 1. The maximum absolute atomic E-state index is 9.72. The number of pyridine rings is 1. The highest BCUT2D eigenvalue weighted by Gasteiger charge is 2.33. The molecule has 1 aliphatic heterocycles. The summed E-state index contributed by atoms with van der Waals surface area (Å²) in [7, 11) is 0. The van der Waals surface area contributed by atoms with Crippen LogP contribution in [0.3, 0.4) is 0 Å². The fourth-order valence-corrected chi connectivity index (χ4v) is 3.11. The van der Waals surface area contributed by atoms with Crippen LogP contribution in [-0.2, 0) is 24.2 Å². The number of rotatable bonds is 6. The second kappa shape index (κ2) is 7.31. The molecule has 0 aromatic carbocycles. The van der Waals surface area contributed by atoms with E-state index in [4.69, 9.17) is 4.74 Å². The monoisotopic (exact) mass is 316 g/mol. The molecule has 1 aliphatic rings. The highest BCUT2D eigenvalue weighted by molar-refractivity contribution is 5.56. The molecule has 0 fully saturated rings. The fourth-order valence-electron chi connectivity index (χ4n) is 3.11. The van der Waals surface area contributed by atoms with E-state index in [2.05, 4.69) is 51.0 Å². The molecule has 0 saturated heterocycles. The Labute approximate surface area is 140 Å². The Morgan fingerprint density at radius 1 is 1.35 bits per heavy atom. The zero-order valence-corrected chi connectivity index (χ0v) is 15.2. The summed E-state index contributed by atoms with van der Waals surface area (Å²) in [6.07, 6.45) is 4.00. The van der Waals surface area contributed by atoms with Crippen LogP contribution in [0.5, 0.6) is 0 Å². The average Bonchev–Trinajstić information content (AvgIpc) is 2.46. The first-order chi connectivity index (χ1) is 10.9. The van der Waals surface area contributed by atoms with Crippen LogP contribution in [0.1, 0.15) is 69.8 Å². The summed E-state index contributed by atoms with van der Waals surface area (Å²) in [5, 5.41) is 13.2. The first-order valence-corrected chi connectivity index (χ1v) is 8.75. The summed E-state index contributed by atoms with van der Waals surface area (Å²) in [5.74, 6) is 1.44. The minimum Gasteiger partial charge on any atom is -0.370 e. The first-order valence-electron chi connectivity index (χ1n) is 8.75. The third-order valence-electron chi connectivity index (χ3n) is 4.32. The van der Waals surface area contributed by atoms with Crippen LogP contribution >= 0.6 is 0 Å². The molecular formula is C19H30N3O+. The molecule has 0 bridgehead atoms. The Bertz CT molecular complexity index is 600. The predicted molar refractivity (Wildman–Crippen MR) is 92.2 cm³/mol. The number of unbranched alkanes of at least 4 members (excludes halogenated alkanes) is 1. The van der Waals surface area contributed by atoms with Gasteiger partial charge in [0.25, 0.3) is 5.82 Å². The Hall–Kier alpha value is -1.60. The second-order valence-corrected chi connectivity index (χ2v) is 7.53. The molecule has 4 nitrogen and oxygen atoms in total. The summed E-state index contributed by atoms with van der Waals surface area (Å²) in [4.78, 5) is 3.50. The van der Waals surface area contributed by atoms with Crippen molar-refractivity contribution < 1.29 is 9.72 Å². The van der Waals surface area contributed by atoms with E-state index in [9.17, 15) is 5.26 Å². The van der Waals surface area contributed by atoms with E-state index in [0.29, 0.717) is 12.5 Å². The van der Waals surface area contributed by atoms with Crippen molar-refractivity contribution in [1.29, 1.82) is 5.26 Å². The SMILES string of the molecule is CCCCNc1[nH+]c(CC(C)C)c2c(c1C#N)CC(C)(C)OC2. The highest BCUT2D eigenvalue weighted by atomic mass is 16.5. The van der Waals surface area contributed by atoms with E-state index in [1.807, 2.05) is 0 Å². The van der Waals surface area contributed by atoms with E-state index in [1.54, 1.807) is 0 Å². The second-order valence-electron chi connectivity index (χ2n) is 7.53. The van der Waals surface area contributed by atoms with Crippen LogP contribution in [0, 0.1) is 17.2 Å². The van der Waals surface area contributed by atoms with Crippen LogP contribution in [0.2, 0.25) is 0 Å². The number of ether oxygens (including phenoxy) is 1. The van der Waals surface area contributed by atoms with Crippen LogP contribution in [0.4, 0.5) is 5.82 Å². The molecule has 126 valence electrons. The summed E-state index contributed by atoms with van der Waals surface area (Å²) in [6, 6.07) is 2.42. The zero-order valence-electron chi connectivity index (χ0n) is 15.2. The number of fused-ring (bicyclic) bond motifs is 1. The minimum absolute atomic E-state index is 0.213. The number of hydrogen-bond acceptors (Lipinski definition) is 3. The summed E-state index contributed by atoms with van der Waals surface area (Å²) >= 11 is 0. The lowest BCUT2D eigenvalue weighted by molar-refractivity contribution is -0.376. The number of nitriles is 1. The molecule has 2 rings (SSSR count). The normalized spacial score (nSPS) is 16.0. The lowest BCUT2D eigenvalue weighted by Gasteiger charge is -2.33. The summed E-state index contributed by atoms with van der Waals surface area (Å²) < 4.78 is 6.00. The van der Waals surface area contributed by atoms with Crippen molar-refractivity contribution in [2.24, 2.45) is 5.92 Å².